The van der Waals surface area contributed by atoms with E-state index in [0.717, 1.165) is 18.5 Å². The van der Waals surface area contributed by atoms with Crippen LogP contribution in [0.4, 0.5) is 11.4 Å². The second-order valence-electron chi connectivity index (χ2n) is 8.42. The fraction of sp³-hybridized carbons (Fsp3) is 0.276. The number of amides is 2. The minimum absolute atomic E-state index is 0.0879. The van der Waals surface area contributed by atoms with E-state index in [-0.39, 0.29) is 16.9 Å². The summed E-state index contributed by atoms with van der Waals surface area (Å²) in [5.74, 6) is 0.285. The molecule has 3 rings (SSSR count). The predicted octanol–water partition coefficient (Wildman–Crippen LogP) is 7.20. The molecule has 194 valence electrons. The standard InChI is InChI=1S/C29H32BrN3O3S/c1-3-5-6-10-19-36-26-18-15-22(20-25(26)30)27(34)32-29(37)31-23-16-13-21(14-17-23)28(35)33(4-2)24-11-8-7-9-12-24/h7-9,11-18,20H,3-6,10,19H2,1-2H3,(H2,31,32,34,37). The quantitative estimate of drug-likeness (QED) is 0.185. The van der Waals surface area contributed by atoms with E-state index < -0.39 is 0 Å². The first-order valence-electron chi connectivity index (χ1n) is 12.4. The van der Waals surface area contributed by atoms with Gasteiger partial charge in [0.05, 0.1) is 11.1 Å². The third-order valence-electron chi connectivity index (χ3n) is 5.70. The lowest BCUT2D eigenvalue weighted by molar-refractivity contribution is 0.0973. The van der Waals surface area contributed by atoms with Crippen LogP contribution >= 0.6 is 28.1 Å². The zero-order valence-electron chi connectivity index (χ0n) is 21.1. The first kappa shape index (κ1) is 28.3. The lowest BCUT2D eigenvalue weighted by atomic mass is 10.1. The van der Waals surface area contributed by atoms with E-state index in [0.29, 0.717) is 40.2 Å². The second kappa shape index (κ2) is 14.5. The number of hydrogen-bond acceptors (Lipinski definition) is 4. The molecule has 3 aromatic carbocycles. The number of anilines is 2. The maximum Gasteiger partial charge on any atom is 0.258 e. The van der Waals surface area contributed by atoms with E-state index >= 15 is 0 Å². The molecule has 0 saturated carbocycles. The summed E-state index contributed by atoms with van der Waals surface area (Å²) < 4.78 is 6.52. The number of benzene rings is 3. The van der Waals surface area contributed by atoms with Gasteiger partial charge >= 0.3 is 0 Å². The van der Waals surface area contributed by atoms with E-state index in [1.54, 1.807) is 47.4 Å². The molecular formula is C29H32BrN3O3S. The molecule has 0 aromatic heterocycles. The lowest BCUT2D eigenvalue weighted by Crippen LogP contribution is -2.34. The largest absolute Gasteiger partial charge is 0.492 e. The Bertz CT molecular complexity index is 1200. The second-order valence-corrected chi connectivity index (χ2v) is 9.69. The maximum absolute atomic E-state index is 13.0. The van der Waals surface area contributed by atoms with Crippen LogP contribution in [-0.4, -0.2) is 30.1 Å². The molecular weight excluding hydrogens is 550 g/mol. The number of unbranched alkanes of at least 4 members (excludes halogenated alkanes) is 3. The van der Waals surface area contributed by atoms with Crippen molar-refractivity contribution in [2.24, 2.45) is 0 Å². The number of rotatable bonds is 11. The molecule has 2 amide bonds. The highest BCUT2D eigenvalue weighted by molar-refractivity contribution is 9.10. The molecule has 37 heavy (non-hydrogen) atoms. The fourth-order valence-electron chi connectivity index (χ4n) is 3.71. The van der Waals surface area contributed by atoms with Crippen LogP contribution in [0.5, 0.6) is 5.75 Å². The van der Waals surface area contributed by atoms with Gasteiger partial charge in [-0.25, -0.2) is 0 Å². The number of carbonyl (C=O) groups is 2. The molecule has 0 unspecified atom stereocenters. The van der Waals surface area contributed by atoms with Gasteiger partial charge in [-0.3, -0.25) is 14.9 Å². The van der Waals surface area contributed by atoms with E-state index in [2.05, 4.69) is 33.5 Å². The van der Waals surface area contributed by atoms with E-state index in [1.807, 2.05) is 37.3 Å². The zero-order chi connectivity index (χ0) is 26.6. The monoisotopic (exact) mass is 581 g/mol. The van der Waals surface area contributed by atoms with Crippen molar-refractivity contribution in [1.82, 2.24) is 5.32 Å². The van der Waals surface area contributed by atoms with E-state index in [4.69, 9.17) is 17.0 Å². The molecule has 0 fully saturated rings. The average molecular weight is 583 g/mol. The Kier molecular flexibility index (Phi) is 11.1. The Balaban J connectivity index is 1.54. The number of halogens is 1. The van der Waals surface area contributed by atoms with Crippen molar-refractivity contribution in [3.8, 4) is 5.75 Å². The van der Waals surface area contributed by atoms with Gasteiger partial charge < -0.3 is 15.0 Å². The molecule has 0 aliphatic heterocycles. The number of ether oxygens (including phenoxy) is 1. The van der Waals surface area contributed by atoms with Gasteiger partial charge in [-0.15, -0.1) is 0 Å². The zero-order valence-corrected chi connectivity index (χ0v) is 23.5. The molecule has 6 nitrogen and oxygen atoms in total. The van der Waals surface area contributed by atoms with E-state index in [9.17, 15) is 9.59 Å². The van der Waals surface area contributed by atoms with Crippen LogP contribution in [0.3, 0.4) is 0 Å². The Morgan fingerprint density at radius 2 is 1.62 bits per heavy atom. The average Bonchev–Trinajstić information content (AvgIpc) is 2.90. The van der Waals surface area contributed by atoms with Gasteiger partial charge in [0.15, 0.2) is 5.11 Å². The molecule has 3 aromatic rings. The molecule has 0 aliphatic carbocycles. The van der Waals surface area contributed by atoms with Gasteiger partial charge in [0.2, 0.25) is 0 Å². The molecule has 0 radical (unpaired) electrons. The Morgan fingerprint density at radius 1 is 0.919 bits per heavy atom. The van der Waals surface area contributed by atoms with Crippen LogP contribution in [0.15, 0.2) is 77.3 Å². The lowest BCUT2D eigenvalue weighted by Gasteiger charge is -2.21. The van der Waals surface area contributed by atoms with Crippen molar-refractivity contribution >= 4 is 56.4 Å². The number of para-hydroxylation sites is 1. The maximum atomic E-state index is 13.0. The Morgan fingerprint density at radius 3 is 2.27 bits per heavy atom. The first-order chi connectivity index (χ1) is 17.9. The summed E-state index contributed by atoms with van der Waals surface area (Å²) in [7, 11) is 0. The molecule has 0 saturated heterocycles. The third-order valence-corrected chi connectivity index (χ3v) is 6.52. The van der Waals surface area contributed by atoms with Crippen molar-refractivity contribution in [3.05, 3.63) is 88.4 Å². The summed E-state index contributed by atoms with van der Waals surface area (Å²) in [4.78, 5) is 27.4. The van der Waals surface area contributed by atoms with Gasteiger partial charge in [-0.05, 0) is 96.1 Å². The van der Waals surface area contributed by atoms with Gasteiger partial charge in [0, 0.05) is 29.0 Å². The smallest absolute Gasteiger partial charge is 0.258 e. The number of thiocarbonyl (C=S) groups is 1. The molecule has 0 bridgehead atoms. The van der Waals surface area contributed by atoms with Gasteiger partial charge in [0.1, 0.15) is 5.75 Å². The SMILES string of the molecule is CCCCCCOc1ccc(C(=O)NC(=S)Nc2ccc(C(=O)N(CC)c3ccccc3)cc2)cc1Br. The number of nitrogens with zero attached hydrogens (tertiary/aromatic N) is 1. The molecule has 0 atom stereocenters. The molecule has 0 aliphatic rings. The number of carbonyl (C=O) groups excluding carboxylic acids is 2. The Labute approximate surface area is 232 Å². The summed E-state index contributed by atoms with van der Waals surface area (Å²) in [6.45, 7) is 5.32. The topological polar surface area (TPSA) is 70.7 Å². The Hall–Kier alpha value is -3.23. The van der Waals surface area contributed by atoms with Crippen LogP contribution in [0.1, 0.15) is 60.2 Å². The highest BCUT2D eigenvalue weighted by Crippen LogP contribution is 2.26. The highest BCUT2D eigenvalue weighted by atomic mass is 79.9. The fourth-order valence-corrected chi connectivity index (χ4v) is 4.41. The van der Waals surface area contributed by atoms with Crippen molar-refractivity contribution in [1.29, 1.82) is 0 Å². The van der Waals surface area contributed by atoms with Crippen LogP contribution < -0.4 is 20.3 Å². The first-order valence-corrected chi connectivity index (χ1v) is 13.6. The van der Waals surface area contributed by atoms with Gasteiger partial charge in [0.25, 0.3) is 11.8 Å². The molecule has 2 N–H and O–H groups in total. The summed E-state index contributed by atoms with van der Waals surface area (Å²) in [5.41, 5.74) is 2.52. The van der Waals surface area contributed by atoms with E-state index in [1.165, 1.54) is 12.8 Å². The molecule has 0 spiro atoms. The van der Waals surface area contributed by atoms with Crippen molar-refractivity contribution in [2.45, 2.75) is 39.5 Å². The normalized spacial score (nSPS) is 10.5. The molecule has 0 heterocycles. The highest BCUT2D eigenvalue weighted by Gasteiger charge is 2.16. The van der Waals surface area contributed by atoms with Crippen molar-refractivity contribution < 1.29 is 14.3 Å². The minimum atomic E-state index is -0.332. The number of hydrogen-bond donors (Lipinski definition) is 2. The van der Waals surface area contributed by atoms with Crippen molar-refractivity contribution in [2.75, 3.05) is 23.4 Å². The van der Waals surface area contributed by atoms with Crippen LogP contribution in [-0.2, 0) is 0 Å². The summed E-state index contributed by atoms with van der Waals surface area (Å²) in [6, 6.07) is 21.7. The summed E-state index contributed by atoms with van der Waals surface area (Å²) in [6.07, 6.45) is 4.53. The number of nitrogens with one attached hydrogen (secondary N) is 2. The van der Waals surface area contributed by atoms with Crippen LogP contribution in [0.2, 0.25) is 0 Å². The summed E-state index contributed by atoms with van der Waals surface area (Å²) >= 11 is 8.80. The summed E-state index contributed by atoms with van der Waals surface area (Å²) in [5, 5.41) is 5.84. The third kappa shape index (κ3) is 8.40. The molecule has 8 heteroatoms. The minimum Gasteiger partial charge on any atom is -0.492 e. The van der Waals surface area contributed by atoms with Crippen molar-refractivity contribution in [3.63, 3.8) is 0 Å². The van der Waals surface area contributed by atoms with Crippen LogP contribution in [0.25, 0.3) is 0 Å². The predicted molar refractivity (Wildman–Crippen MR) is 158 cm³/mol. The van der Waals surface area contributed by atoms with Gasteiger partial charge in [-0.1, -0.05) is 44.4 Å². The van der Waals surface area contributed by atoms with Gasteiger partial charge in [-0.2, -0.15) is 0 Å². The van der Waals surface area contributed by atoms with Crippen LogP contribution in [0, 0.1) is 0 Å².